The number of hydrogen-bond acceptors (Lipinski definition) is 1. The Hall–Kier alpha value is -0.980. The molecule has 1 aromatic carbocycles. The first-order valence-corrected chi connectivity index (χ1v) is 8.12. The second kappa shape index (κ2) is 5.42. The van der Waals surface area contributed by atoms with Gasteiger partial charge in [0.15, 0.2) is 0 Å². The van der Waals surface area contributed by atoms with Crippen molar-refractivity contribution in [3.05, 3.63) is 29.3 Å². The van der Waals surface area contributed by atoms with Crippen molar-refractivity contribution < 1.29 is 0 Å². The summed E-state index contributed by atoms with van der Waals surface area (Å²) < 4.78 is 0. The molecule has 112 valence electrons. The van der Waals surface area contributed by atoms with E-state index in [1.54, 1.807) is 0 Å². The topological polar surface area (TPSA) is 12.0 Å². The molecule has 1 N–H and O–H groups in total. The van der Waals surface area contributed by atoms with Crippen LogP contribution < -0.4 is 5.32 Å². The Balaban J connectivity index is 2.43. The number of hydrogen-bond donors (Lipinski definition) is 1. The molecule has 0 amide bonds. The number of benzene rings is 1. The van der Waals surface area contributed by atoms with Crippen molar-refractivity contribution in [2.45, 2.75) is 78.7 Å². The monoisotopic (exact) mass is 273 g/mol. The van der Waals surface area contributed by atoms with Gasteiger partial charge in [0.1, 0.15) is 0 Å². The van der Waals surface area contributed by atoms with Gasteiger partial charge in [0.2, 0.25) is 0 Å². The molecule has 20 heavy (non-hydrogen) atoms. The molecule has 2 atom stereocenters. The fraction of sp³-hybridized carbons (Fsp3) is 0.684. The van der Waals surface area contributed by atoms with E-state index in [4.69, 9.17) is 0 Å². The zero-order chi connectivity index (χ0) is 15.0. The van der Waals surface area contributed by atoms with Gasteiger partial charge in [-0.2, -0.15) is 0 Å². The molecule has 0 saturated heterocycles. The fourth-order valence-electron chi connectivity index (χ4n) is 4.13. The third-order valence-corrected chi connectivity index (χ3v) is 4.53. The van der Waals surface area contributed by atoms with Crippen LogP contribution in [0, 0.1) is 12.3 Å². The second-order valence-electron chi connectivity index (χ2n) is 8.13. The first-order chi connectivity index (χ1) is 9.25. The van der Waals surface area contributed by atoms with Gasteiger partial charge in [0.25, 0.3) is 0 Å². The van der Waals surface area contributed by atoms with Crippen molar-refractivity contribution in [3.63, 3.8) is 0 Å². The van der Waals surface area contributed by atoms with Crippen LogP contribution in [-0.2, 0) is 5.41 Å². The number of anilines is 1. The number of aryl methyl sites for hydroxylation is 1. The summed E-state index contributed by atoms with van der Waals surface area (Å²) in [7, 11) is 0. The number of para-hydroxylation sites is 1. The van der Waals surface area contributed by atoms with Gasteiger partial charge in [-0.1, -0.05) is 59.2 Å². The first kappa shape index (κ1) is 15.4. The minimum atomic E-state index is 0.296. The highest BCUT2D eigenvalue weighted by Gasteiger charge is 2.39. The van der Waals surface area contributed by atoms with Crippen LogP contribution in [0.4, 0.5) is 5.69 Å². The lowest BCUT2D eigenvalue weighted by Gasteiger charge is -2.45. The molecule has 1 aliphatic heterocycles. The summed E-state index contributed by atoms with van der Waals surface area (Å²) in [5.74, 6) is 0. The van der Waals surface area contributed by atoms with E-state index in [-0.39, 0.29) is 0 Å². The average molecular weight is 273 g/mol. The van der Waals surface area contributed by atoms with Gasteiger partial charge in [-0.3, -0.25) is 0 Å². The highest BCUT2D eigenvalue weighted by molar-refractivity contribution is 5.62. The summed E-state index contributed by atoms with van der Waals surface area (Å²) in [5.41, 5.74) is 4.99. The minimum absolute atomic E-state index is 0.296. The van der Waals surface area contributed by atoms with Crippen LogP contribution >= 0.6 is 0 Å². The summed E-state index contributed by atoms with van der Waals surface area (Å²) >= 11 is 0. The van der Waals surface area contributed by atoms with Crippen molar-refractivity contribution in [1.29, 1.82) is 0 Å². The van der Waals surface area contributed by atoms with E-state index in [1.807, 2.05) is 0 Å². The van der Waals surface area contributed by atoms with Crippen molar-refractivity contribution >= 4 is 5.69 Å². The molecule has 1 heteroatoms. The third-order valence-electron chi connectivity index (χ3n) is 4.53. The molecule has 0 aliphatic carbocycles. The largest absolute Gasteiger partial charge is 0.382 e. The lowest BCUT2D eigenvalue weighted by Crippen LogP contribution is -2.40. The molecule has 0 saturated carbocycles. The van der Waals surface area contributed by atoms with Crippen LogP contribution in [-0.4, -0.2) is 6.04 Å². The highest BCUT2D eigenvalue weighted by atomic mass is 14.9. The molecule has 1 aliphatic rings. The average Bonchev–Trinajstić information content (AvgIpc) is 2.28. The quantitative estimate of drug-likeness (QED) is 0.747. The van der Waals surface area contributed by atoms with Crippen molar-refractivity contribution in [2.24, 2.45) is 5.41 Å². The third kappa shape index (κ3) is 3.19. The van der Waals surface area contributed by atoms with Crippen LogP contribution in [0.3, 0.4) is 0 Å². The Morgan fingerprint density at radius 2 is 2.00 bits per heavy atom. The summed E-state index contributed by atoms with van der Waals surface area (Å²) in [5, 5.41) is 3.81. The van der Waals surface area contributed by atoms with Gasteiger partial charge in [0.05, 0.1) is 0 Å². The fourth-order valence-corrected chi connectivity index (χ4v) is 4.13. The Labute approximate surface area is 125 Å². The molecule has 0 fully saturated rings. The maximum absolute atomic E-state index is 3.81. The van der Waals surface area contributed by atoms with Crippen LogP contribution in [0.15, 0.2) is 18.2 Å². The van der Waals surface area contributed by atoms with Crippen LogP contribution in [0.2, 0.25) is 0 Å². The number of rotatable bonds is 3. The molecule has 1 nitrogen and oxygen atoms in total. The van der Waals surface area contributed by atoms with Gasteiger partial charge < -0.3 is 5.32 Å². The summed E-state index contributed by atoms with van der Waals surface area (Å²) in [4.78, 5) is 0. The number of nitrogens with one attached hydrogen (secondary N) is 1. The van der Waals surface area contributed by atoms with E-state index < -0.39 is 0 Å². The zero-order valence-electron chi connectivity index (χ0n) is 14.1. The lowest BCUT2D eigenvalue weighted by molar-refractivity contribution is 0.238. The summed E-state index contributed by atoms with van der Waals surface area (Å²) in [6, 6.07) is 7.42. The minimum Gasteiger partial charge on any atom is -0.382 e. The maximum atomic E-state index is 3.81. The molecule has 2 rings (SSSR count). The highest BCUT2D eigenvalue weighted by Crippen LogP contribution is 2.47. The molecule has 0 bridgehead atoms. The van der Waals surface area contributed by atoms with E-state index >= 15 is 0 Å². The molecule has 0 radical (unpaired) electrons. The van der Waals surface area contributed by atoms with Gasteiger partial charge >= 0.3 is 0 Å². The van der Waals surface area contributed by atoms with Gasteiger partial charge in [-0.25, -0.2) is 0 Å². The SMILES string of the molecule is CCC[C@H]1C[C@](C)(CC(C)(C)C)c2cccc(C)c2N1. The van der Waals surface area contributed by atoms with E-state index in [0.717, 1.165) is 0 Å². The molecule has 0 spiro atoms. The molecular weight excluding hydrogens is 242 g/mol. The Morgan fingerprint density at radius 3 is 2.60 bits per heavy atom. The number of fused-ring (bicyclic) bond motifs is 1. The Morgan fingerprint density at radius 1 is 1.30 bits per heavy atom. The van der Waals surface area contributed by atoms with Crippen molar-refractivity contribution in [3.8, 4) is 0 Å². The van der Waals surface area contributed by atoms with Gasteiger partial charge in [-0.05, 0) is 48.1 Å². The van der Waals surface area contributed by atoms with Crippen molar-refractivity contribution in [1.82, 2.24) is 0 Å². The standard InChI is InChI=1S/C19H31N/c1-7-9-15-12-19(6,13-18(3,4)5)16-11-8-10-14(2)17(16)20-15/h8,10-11,15,20H,7,9,12-13H2,1-6H3/t15-,19+/m0/s1. The second-order valence-corrected chi connectivity index (χ2v) is 8.13. The van der Waals surface area contributed by atoms with Crippen LogP contribution in [0.1, 0.15) is 71.4 Å². The molecule has 0 unspecified atom stereocenters. The molecular formula is C19H31N. The normalized spacial score (nSPS) is 26.0. The zero-order valence-corrected chi connectivity index (χ0v) is 14.1. The predicted molar refractivity (Wildman–Crippen MR) is 89.5 cm³/mol. The van der Waals surface area contributed by atoms with Crippen molar-refractivity contribution in [2.75, 3.05) is 5.32 Å². The van der Waals surface area contributed by atoms with E-state index in [0.29, 0.717) is 16.9 Å². The van der Waals surface area contributed by atoms with Gasteiger partial charge in [0, 0.05) is 11.7 Å². The summed E-state index contributed by atoms with van der Waals surface area (Å²) in [6.45, 7) is 14.1. The Bertz CT molecular complexity index is 469. The first-order valence-electron chi connectivity index (χ1n) is 8.12. The molecule has 1 heterocycles. The molecule has 0 aromatic heterocycles. The lowest BCUT2D eigenvalue weighted by atomic mass is 9.65. The van der Waals surface area contributed by atoms with Crippen LogP contribution in [0.5, 0.6) is 0 Å². The van der Waals surface area contributed by atoms with E-state index in [1.165, 1.54) is 42.5 Å². The Kier molecular flexibility index (Phi) is 4.18. The molecule has 1 aromatic rings. The summed E-state index contributed by atoms with van der Waals surface area (Å²) in [6.07, 6.45) is 5.03. The predicted octanol–water partition coefficient (Wildman–Crippen LogP) is 5.67. The maximum Gasteiger partial charge on any atom is 0.0410 e. The van der Waals surface area contributed by atoms with E-state index in [2.05, 4.69) is 65.1 Å². The smallest absolute Gasteiger partial charge is 0.0410 e. The van der Waals surface area contributed by atoms with E-state index in [9.17, 15) is 0 Å². The van der Waals surface area contributed by atoms with Gasteiger partial charge in [-0.15, -0.1) is 0 Å². The van der Waals surface area contributed by atoms with Crippen LogP contribution in [0.25, 0.3) is 0 Å².